The molecule has 1 aromatic heterocycles. The molecule has 0 N–H and O–H groups in total. The number of para-hydroxylation sites is 1. The number of ether oxygens (including phenoxy) is 1. The topological polar surface area (TPSA) is 35.0 Å². The van der Waals surface area contributed by atoms with Crippen molar-refractivity contribution in [2.75, 3.05) is 0 Å². The van der Waals surface area contributed by atoms with E-state index in [4.69, 9.17) is 4.74 Å². The highest BCUT2D eigenvalue weighted by Gasteiger charge is 2.00. The number of hydrogen-bond acceptors (Lipinski definition) is 3. The number of halogens is 1. The molecule has 1 heterocycles. The molecule has 3 nitrogen and oxygen atoms in total. The first-order chi connectivity index (χ1) is 6.84. The Labute approximate surface area is 80.2 Å². The van der Waals surface area contributed by atoms with E-state index in [1.54, 1.807) is 12.1 Å². The minimum absolute atomic E-state index is 0.0104. The molecule has 14 heavy (non-hydrogen) atoms. The molecule has 1 aromatic carbocycles. The van der Waals surface area contributed by atoms with Crippen molar-refractivity contribution in [3.8, 4) is 11.8 Å². The molecule has 0 unspecified atom stereocenters. The molecule has 2 aromatic rings. The Morgan fingerprint density at radius 1 is 1.07 bits per heavy atom. The second-order valence-electron chi connectivity index (χ2n) is 2.58. The number of aromatic nitrogens is 2. The van der Waals surface area contributed by atoms with Gasteiger partial charge in [0.25, 0.3) is 0 Å². The van der Waals surface area contributed by atoms with Crippen LogP contribution >= 0.6 is 0 Å². The molecular weight excluding hydrogens is 183 g/mol. The summed E-state index contributed by atoms with van der Waals surface area (Å²) in [4.78, 5) is 7.23. The summed E-state index contributed by atoms with van der Waals surface area (Å²) >= 11 is 0. The largest absolute Gasteiger partial charge is 0.424 e. The number of nitrogens with zero attached hydrogens (tertiary/aromatic N) is 2. The Hall–Kier alpha value is -1.97. The number of benzene rings is 1. The zero-order chi connectivity index (χ0) is 9.80. The minimum Gasteiger partial charge on any atom is -0.424 e. The lowest BCUT2D eigenvalue weighted by Crippen LogP contribution is -1.92. The summed E-state index contributed by atoms with van der Waals surface area (Å²) in [6.07, 6.45) is 1.31. The molecule has 0 atom stereocenters. The van der Waals surface area contributed by atoms with Crippen molar-refractivity contribution in [2.45, 2.75) is 0 Å². The second kappa shape index (κ2) is 3.83. The normalized spacial score (nSPS) is 9.79. The molecule has 2 rings (SSSR count). The van der Waals surface area contributed by atoms with Crippen LogP contribution in [-0.2, 0) is 0 Å². The van der Waals surface area contributed by atoms with Gasteiger partial charge in [0.15, 0.2) is 0 Å². The molecule has 0 saturated heterocycles. The average Bonchev–Trinajstić information content (AvgIpc) is 2.19. The highest BCUT2D eigenvalue weighted by Crippen LogP contribution is 2.15. The van der Waals surface area contributed by atoms with Gasteiger partial charge in [-0.2, -0.15) is 9.37 Å². The molecule has 4 heteroatoms. The van der Waals surface area contributed by atoms with Crippen LogP contribution in [0.5, 0.6) is 11.8 Å². The van der Waals surface area contributed by atoms with Crippen LogP contribution < -0.4 is 4.74 Å². The van der Waals surface area contributed by atoms with Crippen molar-refractivity contribution >= 4 is 0 Å². The standard InChI is InChI=1S/C10H7FN2O/c11-9-6-7-12-10(13-9)14-8-4-2-1-3-5-8/h1-7H. The lowest BCUT2D eigenvalue weighted by atomic mass is 10.3. The van der Waals surface area contributed by atoms with Crippen molar-refractivity contribution in [3.05, 3.63) is 48.5 Å². The fourth-order valence-electron chi connectivity index (χ4n) is 0.963. The highest BCUT2D eigenvalue weighted by molar-refractivity contribution is 5.23. The molecule has 0 saturated carbocycles. The maximum atomic E-state index is 12.6. The molecule has 0 spiro atoms. The number of hydrogen-bond donors (Lipinski definition) is 0. The molecule has 0 bridgehead atoms. The van der Waals surface area contributed by atoms with Crippen molar-refractivity contribution in [2.24, 2.45) is 0 Å². The predicted octanol–water partition coefficient (Wildman–Crippen LogP) is 2.41. The molecule has 0 aliphatic carbocycles. The lowest BCUT2D eigenvalue weighted by molar-refractivity contribution is 0.424. The van der Waals surface area contributed by atoms with E-state index in [0.717, 1.165) is 6.07 Å². The van der Waals surface area contributed by atoms with Crippen LogP contribution in [0.1, 0.15) is 0 Å². The zero-order valence-corrected chi connectivity index (χ0v) is 7.22. The summed E-state index contributed by atoms with van der Waals surface area (Å²) in [5.41, 5.74) is 0. The van der Waals surface area contributed by atoms with Crippen LogP contribution in [0.3, 0.4) is 0 Å². The van der Waals surface area contributed by atoms with Crippen LogP contribution in [0.15, 0.2) is 42.6 Å². The van der Waals surface area contributed by atoms with Gasteiger partial charge in [0.05, 0.1) is 0 Å². The van der Waals surface area contributed by atoms with Crippen LogP contribution in [0.4, 0.5) is 4.39 Å². The Bertz CT molecular complexity index is 419. The highest BCUT2D eigenvalue weighted by atomic mass is 19.1. The van der Waals surface area contributed by atoms with Gasteiger partial charge in [-0.25, -0.2) is 4.98 Å². The van der Waals surface area contributed by atoms with Crippen molar-refractivity contribution in [1.29, 1.82) is 0 Å². The van der Waals surface area contributed by atoms with Gasteiger partial charge in [-0.1, -0.05) is 18.2 Å². The van der Waals surface area contributed by atoms with E-state index in [9.17, 15) is 4.39 Å². The molecule has 0 fully saturated rings. The third kappa shape index (κ3) is 2.04. The first-order valence-corrected chi connectivity index (χ1v) is 4.06. The molecule has 0 amide bonds. The van der Waals surface area contributed by atoms with Gasteiger partial charge in [0.1, 0.15) is 5.75 Å². The Kier molecular flexibility index (Phi) is 2.36. The molecule has 0 radical (unpaired) electrons. The van der Waals surface area contributed by atoms with E-state index in [0.29, 0.717) is 5.75 Å². The van der Waals surface area contributed by atoms with E-state index in [2.05, 4.69) is 9.97 Å². The zero-order valence-electron chi connectivity index (χ0n) is 7.22. The molecule has 0 aliphatic heterocycles. The Balaban J connectivity index is 2.19. The fraction of sp³-hybridized carbons (Fsp3) is 0. The van der Waals surface area contributed by atoms with Crippen molar-refractivity contribution in [1.82, 2.24) is 9.97 Å². The lowest BCUT2D eigenvalue weighted by Gasteiger charge is -2.01. The van der Waals surface area contributed by atoms with E-state index in [1.165, 1.54) is 6.20 Å². The molecule has 70 valence electrons. The Morgan fingerprint density at radius 2 is 1.86 bits per heavy atom. The smallest absolute Gasteiger partial charge is 0.324 e. The predicted molar refractivity (Wildman–Crippen MR) is 48.5 cm³/mol. The molecule has 0 aliphatic rings. The third-order valence-electron chi connectivity index (χ3n) is 1.55. The van der Waals surface area contributed by atoms with Crippen LogP contribution in [0, 0.1) is 5.95 Å². The van der Waals surface area contributed by atoms with Gasteiger partial charge in [0, 0.05) is 12.3 Å². The average molecular weight is 190 g/mol. The summed E-state index contributed by atoms with van der Waals surface area (Å²) in [6.45, 7) is 0. The summed E-state index contributed by atoms with van der Waals surface area (Å²) < 4.78 is 17.8. The van der Waals surface area contributed by atoms with Gasteiger partial charge in [-0.15, -0.1) is 0 Å². The first kappa shape index (κ1) is 8.62. The summed E-state index contributed by atoms with van der Waals surface area (Å²) in [5, 5.41) is 0. The van der Waals surface area contributed by atoms with Crippen molar-refractivity contribution < 1.29 is 9.13 Å². The maximum Gasteiger partial charge on any atom is 0.324 e. The summed E-state index contributed by atoms with van der Waals surface area (Å²) in [6, 6.07) is 10.2. The summed E-state index contributed by atoms with van der Waals surface area (Å²) in [7, 11) is 0. The van der Waals surface area contributed by atoms with E-state index < -0.39 is 5.95 Å². The molecular formula is C10H7FN2O. The maximum absolute atomic E-state index is 12.6. The fourth-order valence-corrected chi connectivity index (χ4v) is 0.963. The third-order valence-corrected chi connectivity index (χ3v) is 1.55. The number of rotatable bonds is 2. The first-order valence-electron chi connectivity index (χ1n) is 4.06. The van der Waals surface area contributed by atoms with Gasteiger partial charge >= 0.3 is 6.01 Å². The van der Waals surface area contributed by atoms with Gasteiger partial charge in [0.2, 0.25) is 5.95 Å². The second-order valence-corrected chi connectivity index (χ2v) is 2.58. The minimum atomic E-state index is -0.606. The SMILES string of the molecule is Fc1ccnc(Oc2ccccc2)n1. The monoisotopic (exact) mass is 190 g/mol. The van der Waals surface area contributed by atoms with E-state index in [-0.39, 0.29) is 6.01 Å². The Morgan fingerprint density at radius 3 is 2.57 bits per heavy atom. The van der Waals surface area contributed by atoms with Crippen LogP contribution in [-0.4, -0.2) is 9.97 Å². The van der Waals surface area contributed by atoms with Gasteiger partial charge < -0.3 is 4.74 Å². The van der Waals surface area contributed by atoms with Crippen LogP contribution in [0.2, 0.25) is 0 Å². The van der Waals surface area contributed by atoms with Crippen LogP contribution in [0.25, 0.3) is 0 Å². The summed E-state index contributed by atoms with van der Waals surface area (Å²) in [5.74, 6) is -0.0240. The van der Waals surface area contributed by atoms with Gasteiger partial charge in [-0.3, -0.25) is 0 Å². The van der Waals surface area contributed by atoms with Gasteiger partial charge in [-0.05, 0) is 12.1 Å². The van der Waals surface area contributed by atoms with Crippen molar-refractivity contribution in [3.63, 3.8) is 0 Å². The van der Waals surface area contributed by atoms with E-state index >= 15 is 0 Å². The van der Waals surface area contributed by atoms with E-state index in [1.807, 2.05) is 18.2 Å². The quantitative estimate of drug-likeness (QED) is 0.682.